The smallest absolute Gasteiger partial charge is 0.0348 e. The molecule has 0 radical (unpaired) electrons. The van der Waals surface area contributed by atoms with Gasteiger partial charge in [-0.15, -0.1) is 6.58 Å². The Morgan fingerprint density at radius 3 is 2.00 bits per heavy atom. The molecule has 13 heavy (non-hydrogen) atoms. The van der Waals surface area contributed by atoms with Gasteiger partial charge in [-0.1, -0.05) is 50.1 Å². The second kappa shape index (κ2) is 11.2. The van der Waals surface area contributed by atoms with Gasteiger partial charge in [0.1, 0.15) is 0 Å². The average molecular weight is 178 g/mol. The Morgan fingerprint density at radius 1 is 0.769 bits per heavy atom. The van der Waals surface area contributed by atoms with Crippen LogP contribution in [0.4, 0.5) is 0 Å². The van der Waals surface area contributed by atoms with E-state index >= 15 is 0 Å². The van der Waals surface area contributed by atoms with Crippen LogP contribution in [0.25, 0.3) is 0 Å². The van der Waals surface area contributed by atoms with E-state index in [1.807, 2.05) is 18.2 Å². The highest BCUT2D eigenvalue weighted by molar-refractivity contribution is 4.96. The summed E-state index contributed by atoms with van der Waals surface area (Å²) in [5.41, 5.74) is 0. The lowest BCUT2D eigenvalue weighted by Crippen LogP contribution is -1.77. The molecule has 0 aromatic heterocycles. The number of rotatable bonds is 9. The maximum absolute atomic E-state index is 3.71. The molecule has 0 atom stereocenters. The maximum Gasteiger partial charge on any atom is -0.0348 e. The highest BCUT2D eigenvalue weighted by Crippen LogP contribution is 2.07. The maximum atomic E-state index is 3.71. The Bertz CT molecular complexity index is 142. The van der Waals surface area contributed by atoms with Gasteiger partial charge in [0.15, 0.2) is 0 Å². The second-order valence-corrected chi connectivity index (χ2v) is 3.30. The molecule has 0 nitrogen and oxygen atoms in total. The normalized spacial score (nSPS) is 10.5. The molecule has 0 unspecified atom stereocenters. The third-order valence-electron chi connectivity index (χ3n) is 2.05. The lowest BCUT2D eigenvalue weighted by molar-refractivity contribution is 0.622. The summed E-state index contributed by atoms with van der Waals surface area (Å²) in [6.07, 6.45) is 17.2. The molecule has 0 aliphatic rings. The van der Waals surface area contributed by atoms with Crippen molar-refractivity contribution >= 4 is 0 Å². The van der Waals surface area contributed by atoms with Crippen LogP contribution >= 0.6 is 0 Å². The molecule has 0 bridgehead atoms. The molecule has 0 heteroatoms. The van der Waals surface area contributed by atoms with Crippen LogP contribution in [0.2, 0.25) is 0 Å². The molecule has 0 aromatic rings. The van der Waals surface area contributed by atoms with E-state index in [-0.39, 0.29) is 0 Å². The molecule has 0 heterocycles. The number of hydrogen-bond donors (Lipinski definition) is 0. The van der Waals surface area contributed by atoms with E-state index in [1.54, 1.807) is 0 Å². The van der Waals surface area contributed by atoms with Crippen molar-refractivity contribution in [2.45, 2.75) is 44.9 Å². The van der Waals surface area contributed by atoms with Gasteiger partial charge in [0.25, 0.3) is 0 Å². The van der Waals surface area contributed by atoms with Crippen molar-refractivity contribution in [2.24, 2.45) is 0 Å². The van der Waals surface area contributed by atoms with Gasteiger partial charge in [-0.25, -0.2) is 0 Å². The van der Waals surface area contributed by atoms with Gasteiger partial charge < -0.3 is 0 Å². The first-order valence-electron chi connectivity index (χ1n) is 5.30. The summed E-state index contributed by atoms with van der Waals surface area (Å²) in [5.74, 6) is 0. The monoisotopic (exact) mass is 178 g/mol. The van der Waals surface area contributed by atoms with Gasteiger partial charge in [0, 0.05) is 0 Å². The van der Waals surface area contributed by atoms with Gasteiger partial charge in [-0.2, -0.15) is 0 Å². The zero-order valence-electron chi connectivity index (χ0n) is 8.67. The number of hydrogen-bond acceptors (Lipinski definition) is 0. The molecule has 0 spiro atoms. The van der Waals surface area contributed by atoms with E-state index in [4.69, 9.17) is 0 Å². The molecule has 0 amide bonds. The summed E-state index contributed by atoms with van der Waals surface area (Å²) in [4.78, 5) is 0. The highest BCUT2D eigenvalue weighted by atomic mass is 13.9. The molecule has 0 fully saturated rings. The summed E-state index contributed by atoms with van der Waals surface area (Å²) in [7, 11) is 0. The van der Waals surface area contributed by atoms with Crippen molar-refractivity contribution in [1.29, 1.82) is 0 Å². The fraction of sp³-hybridized carbons (Fsp3) is 0.538. The first-order chi connectivity index (χ1) is 6.41. The summed E-state index contributed by atoms with van der Waals surface area (Å²) in [5, 5.41) is 0. The molecular weight excluding hydrogens is 156 g/mol. The SMILES string of the molecule is C=CC=CCCCCCCCC=C. The zero-order valence-corrected chi connectivity index (χ0v) is 8.67. The van der Waals surface area contributed by atoms with Crippen molar-refractivity contribution in [3.05, 3.63) is 37.5 Å². The van der Waals surface area contributed by atoms with Crippen molar-refractivity contribution < 1.29 is 0 Å². The molecule has 0 aliphatic carbocycles. The van der Waals surface area contributed by atoms with E-state index in [9.17, 15) is 0 Å². The van der Waals surface area contributed by atoms with Crippen molar-refractivity contribution in [3.8, 4) is 0 Å². The van der Waals surface area contributed by atoms with Gasteiger partial charge in [0.05, 0.1) is 0 Å². The first kappa shape index (κ1) is 12.2. The van der Waals surface area contributed by atoms with Gasteiger partial charge in [0.2, 0.25) is 0 Å². The van der Waals surface area contributed by atoms with Gasteiger partial charge >= 0.3 is 0 Å². The molecule has 0 saturated heterocycles. The third kappa shape index (κ3) is 11.2. The summed E-state index contributed by atoms with van der Waals surface area (Å²) < 4.78 is 0. The van der Waals surface area contributed by atoms with E-state index in [1.165, 1.54) is 44.9 Å². The quantitative estimate of drug-likeness (QED) is 0.274. The van der Waals surface area contributed by atoms with Gasteiger partial charge in [-0.3, -0.25) is 0 Å². The molecule has 0 aliphatic heterocycles. The summed E-state index contributed by atoms with van der Waals surface area (Å²) in [6.45, 7) is 7.34. The molecular formula is C13H22. The molecule has 74 valence electrons. The minimum atomic E-state index is 1.18. The minimum absolute atomic E-state index is 1.18. The highest BCUT2D eigenvalue weighted by Gasteiger charge is 1.87. The lowest BCUT2D eigenvalue weighted by atomic mass is 10.1. The van der Waals surface area contributed by atoms with E-state index < -0.39 is 0 Å². The first-order valence-corrected chi connectivity index (χ1v) is 5.30. The fourth-order valence-corrected chi connectivity index (χ4v) is 1.27. The van der Waals surface area contributed by atoms with E-state index in [0.717, 1.165) is 0 Å². The standard InChI is InChI=1S/C13H22/c1-3-5-7-9-11-13-12-10-8-6-4-2/h3-5,7H,1-2,6,8-13H2. The van der Waals surface area contributed by atoms with Crippen LogP contribution in [-0.2, 0) is 0 Å². The molecule has 0 rings (SSSR count). The predicted molar refractivity (Wildman–Crippen MR) is 61.9 cm³/mol. The van der Waals surface area contributed by atoms with Gasteiger partial charge in [-0.05, 0) is 25.7 Å². The second-order valence-electron chi connectivity index (χ2n) is 3.30. The van der Waals surface area contributed by atoms with Crippen LogP contribution < -0.4 is 0 Å². The zero-order chi connectivity index (χ0) is 9.78. The Morgan fingerprint density at radius 2 is 1.38 bits per heavy atom. The topological polar surface area (TPSA) is 0 Å². The van der Waals surface area contributed by atoms with Crippen molar-refractivity contribution in [1.82, 2.24) is 0 Å². The average Bonchev–Trinajstić information content (AvgIpc) is 2.16. The Labute approximate surface area is 83.0 Å². The van der Waals surface area contributed by atoms with Crippen LogP contribution in [0.1, 0.15) is 44.9 Å². The molecule has 0 N–H and O–H groups in total. The summed E-state index contributed by atoms with van der Waals surface area (Å²) in [6, 6.07) is 0. The number of allylic oxidation sites excluding steroid dienone is 4. The molecule has 0 aromatic carbocycles. The van der Waals surface area contributed by atoms with Crippen LogP contribution in [-0.4, -0.2) is 0 Å². The van der Waals surface area contributed by atoms with Crippen LogP contribution in [0, 0.1) is 0 Å². The Kier molecular flexibility index (Phi) is 10.5. The van der Waals surface area contributed by atoms with Crippen LogP contribution in [0.3, 0.4) is 0 Å². The van der Waals surface area contributed by atoms with E-state index in [0.29, 0.717) is 0 Å². The lowest BCUT2D eigenvalue weighted by Gasteiger charge is -1.97. The third-order valence-corrected chi connectivity index (χ3v) is 2.05. The molecule has 0 saturated carbocycles. The van der Waals surface area contributed by atoms with Crippen LogP contribution in [0.5, 0.6) is 0 Å². The van der Waals surface area contributed by atoms with Crippen molar-refractivity contribution in [2.75, 3.05) is 0 Å². The van der Waals surface area contributed by atoms with E-state index in [2.05, 4.69) is 19.2 Å². The fourth-order valence-electron chi connectivity index (χ4n) is 1.27. The number of unbranched alkanes of at least 4 members (excludes halogenated alkanes) is 6. The van der Waals surface area contributed by atoms with Crippen molar-refractivity contribution in [3.63, 3.8) is 0 Å². The minimum Gasteiger partial charge on any atom is -0.103 e. The Balaban J connectivity index is 2.95. The largest absolute Gasteiger partial charge is 0.103 e. The summed E-state index contributed by atoms with van der Waals surface area (Å²) >= 11 is 0. The Hall–Kier alpha value is -0.780. The predicted octanol–water partition coefficient (Wildman–Crippen LogP) is 4.65. The van der Waals surface area contributed by atoms with Crippen LogP contribution in [0.15, 0.2) is 37.5 Å².